The number of carbonyl (C=O) groups is 1. The van der Waals surface area contributed by atoms with Crippen molar-refractivity contribution in [1.29, 1.82) is 0 Å². The molecule has 1 fully saturated rings. The van der Waals surface area contributed by atoms with Crippen molar-refractivity contribution in [3.8, 4) is 0 Å². The Morgan fingerprint density at radius 3 is 2.38 bits per heavy atom. The van der Waals surface area contributed by atoms with E-state index in [0.29, 0.717) is 11.5 Å². The van der Waals surface area contributed by atoms with Crippen LogP contribution in [0.3, 0.4) is 0 Å². The molecular weight excluding hydrogens is 324 g/mol. The van der Waals surface area contributed by atoms with E-state index in [-0.39, 0.29) is 22.9 Å². The van der Waals surface area contributed by atoms with Crippen LogP contribution in [0.4, 0.5) is 0 Å². The number of hydrogen-bond acceptors (Lipinski definition) is 3. The predicted octanol–water partition coefficient (Wildman–Crippen LogP) is 3.02. The predicted molar refractivity (Wildman–Crippen MR) is 95.4 cm³/mol. The highest BCUT2D eigenvalue weighted by Crippen LogP contribution is 2.24. The van der Waals surface area contributed by atoms with E-state index in [1.807, 2.05) is 13.8 Å². The Kier molecular flexibility index (Phi) is 6.04. The molecule has 0 radical (unpaired) electrons. The Morgan fingerprint density at radius 2 is 1.83 bits per heavy atom. The van der Waals surface area contributed by atoms with Crippen LogP contribution in [0.25, 0.3) is 0 Å². The standard InChI is InChI=1S/C18H28N2O3S/c1-13(2)20(4)24(22,23)17-10-8-15(9-11-17)18(21)19-16-7-5-6-14(3)12-16/h8-11,13-14,16H,5-7,12H2,1-4H3,(H,19,21)/t14-,16-/m1/s1. The van der Waals surface area contributed by atoms with Gasteiger partial charge in [-0.25, -0.2) is 8.42 Å². The van der Waals surface area contributed by atoms with Crippen molar-refractivity contribution in [2.75, 3.05) is 7.05 Å². The first-order valence-corrected chi connectivity index (χ1v) is 10.0. The molecule has 5 nitrogen and oxygen atoms in total. The zero-order chi connectivity index (χ0) is 17.9. The summed E-state index contributed by atoms with van der Waals surface area (Å²) in [6, 6.07) is 6.29. The zero-order valence-electron chi connectivity index (χ0n) is 15.0. The van der Waals surface area contributed by atoms with Crippen molar-refractivity contribution in [2.45, 2.75) is 63.4 Å². The molecule has 2 rings (SSSR count). The topological polar surface area (TPSA) is 66.5 Å². The first kappa shape index (κ1) is 18.9. The van der Waals surface area contributed by atoms with Gasteiger partial charge in [-0.2, -0.15) is 4.31 Å². The summed E-state index contributed by atoms with van der Waals surface area (Å²) in [6.07, 6.45) is 4.40. The third-order valence-corrected chi connectivity index (χ3v) is 6.84. The van der Waals surface area contributed by atoms with Crippen LogP contribution >= 0.6 is 0 Å². The lowest BCUT2D eigenvalue weighted by Crippen LogP contribution is -2.38. The minimum Gasteiger partial charge on any atom is -0.349 e. The summed E-state index contributed by atoms with van der Waals surface area (Å²) in [5.74, 6) is 0.512. The fourth-order valence-corrected chi connectivity index (χ4v) is 4.42. The summed E-state index contributed by atoms with van der Waals surface area (Å²) in [5.41, 5.74) is 0.499. The quantitative estimate of drug-likeness (QED) is 0.886. The summed E-state index contributed by atoms with van der Waals surface area (Å²) in [4.78, 5) is 12.6. The molecule has 1 saturated carbocycles. The highest BCUT2D eigenvalue weighted by molar-refractivity contribution is 7.89. The average molecular weight is 353 g/mol. The van der Waals surface area contributed by atoms with Gasteiger partial charge in [-0.05, 0) is 56.9 Å². The average Bonchev–Trinajstić information content (AvgIpc) is 2.54. The van der Waals surface area contributed by atoms with Gasteiger partial charge in [0.25, 0.3) is 5.91 Å². The molecule has 0 unspecified atom stereocenters. The van der Waals surface area contributed by atoms with Gasteiger partial charge >= 0.3 is 0 Å². The van der Waals surface area contributed by atoms with E-state index in [9.17, 15) is 13.2 Å². The van der Waals surface area contributed by atoms with Crippen LogP contribution in [0.5, 0.6) is 0 Å². The molecule has 0 saturated heterocycles. The summed E-state index contributed by atoms with van der Waals surface area (Å²) in [5, 5.41) is 3.07. The summed E-state index contributed by atoms with van der Waals surface area (Å²) >= 11 is 0. The van der Waals surface area contributed by atoms with Gasteiger partial charge in [0.1, 0.15) is 0 Å². The van der Waals surface area contributed by atoms with E-state index in [1.54, 1.807) is 19.2 Å². The van der Waals surface area contributed by atoms with E-state index in [4.69, 9.17) is 0 Å². The Hall–Kier alpha value is -1.40. The summed E-state index contributed by atoms with van der Waals surface area (Å²) < 4.78 is 26.2. The molecule has 24 heavy (non-hydrogen) atoms. The van der Waals surface area contributed by atoms with Crippen molar-refractivity contribution in [1.82, 2.24) is 9.62 Å². The van der Waals surface area contributed by atoms with Gasteiger partial charge in [0.05, 0.1) is 4.90 Å². The Labute approximate surface area is 145 Å². The molecule has 1 N–H and O–H groups in total. The molecule has 6 heteroatoms. The number of amides is 1. The van der Waals surface area contributed by atoms with Gasteiger partial charge < -0.3 is 5.32 Å². The number of nitrogens with one attached hydrogen (secondary N) is 1. The molecule has 0 aromatic heterocycles. The molecule has 0 aliphatic heterocycles. The van der Waals surface area contributed by atoms with E-state index < -0.39 is 10.0 Å². The largest absolute Gasteiger partial charge is 0.349 e. The normalized spacial score (nSPS) is 21.9. The van der Waals surface area contributed by atoms with Gasteiger partial charge in [0, 0.05) is 24.7 Å². The lowest BCUT2D eigenvalue weighted by molar-refractivity contribution is 0.0921. The van der Waals surface area contributed by atoms with Crippen molar-refractivity contribution in [2.24, 2.45) is 5.92 Å². The van der Waals surface area contributed by atoms with Crippen molar-refractivity contribution >= 4 is 15.9 Å². The van der Waals surface area contributed by atoms with E-state index in [2.05, 4.69) is 12.2 Å². The highest BCUT2D eigenvalue weighted by atomic mass is 32.2. The molecule has 1 aromatic carbocycles. The monoisotopic (exact) mass is 352 g/mol. The fraction of sp³-hybridized carbons (Fsp3) is 0.611. The molecule has 2 atom stereocenters. The van der Waals surface area contributed by atoms with Crippen LogP contribution in [0.15, 0.2) is 29.2 Å². The van der Waals surface area contributed by atoms with Crippen LogP contribution in [0.1, 0.15) is 56.8 Å². The van der Waals surface area contributed by atoms with E-state index in [0.717, 1.165) is 19.3 Å². The number of hydrogen-bond donors (Lipinski definition) is 1. The third kappa shape index (κ3) is 4.36. The second-order valence-electron chi connectivity index (χ2n) is 7.08. The molecule has 1 aliphatic carbocycles. The second kappa shape index (κ2) is 7.66. The maximum atomic E-state index is 12.4. The summed E-state index contributed by atoms with van der Waals surface area (Å²) in [6.45, 7) is 5.86. The van der Waals surface area contributed by atoms with Crippen molar-refractivity contribution < 1.29 is 13.2 Å². The number of carbonyl (C=O) groups excluding carboxylic acids is 1. The number of benzene rings is 1. The van der Waals surface area contributed by atoms with Crippen LogP contribution in [0.2, 0.25) is 0 Å². The first-order chi connectivity index (χ1) is 11.2. The van der Waals surface area contributed by atoms with Crippen LogP contribution < -0.4 is 5.32 Å². The number of nitrogens with zero attached hydrogens (tertiary/aromatic N) is 1. The lowest BCUT2D eigenvalue weighted by atomic mass is 9.87. The minimum atomic E-state index is -3.51. The molecule has 0 bridgehead atoms. The van der Waals surface area contributed by atoms with Gasteiger partial charge in [-0.1, -0.05) is 19.8 Å². The fourth-order valence-electron chi connectivity index (χ4n) is 3.06. The Morgan fingerprint density at radius 1 is 1.21 bits per heavy atom. The molecule has 1 aromatic rings. The van der Waals surface area contributed by atoms with Gasteiger partial charge in [0.2, 0.25) is 10.0 Å². The van der Waals surface area contributed by atoms with Gasteiger partial charge in [-0.3, -0.25) is 4.79 Å². The van der Waals surface area contributed by atoms with Crippen molar-refractivity contribution in [3.05, 3.63) is 29.8 Å². The number of rotatable bonds is 5. The first-order valence-electron chi connectivity index (χ1n) is 8.60. The third-order valence-electron chi connectivity index (χ3n) is 4.79. The van der Waals surface area contributed by atoms with E-state index >= 15 is 0 Å². The van der Waals surface area contributed by atoms with Crippen LogP contribution in [0, 0.1) is 5.92 Å². The maximum Gasteiger partial charge on any atom is 0.251 e. The smallest absolute Gasteiger partial charge is 0.251 e. The molecular formula is C18H28N2O3S. The molecule has 0 heterocycles. The zero-order valence-corrected chi connectivity index (χ0v) is 15.8. The molecule has 1 aliphatic rings. The van der Waals surface area contributed by atoms with Crippen LogP contribution in [-0.2, 0) is 10.0 Å². The maximum absolute atomic E-state index is 12.4. The van der Waals surface area contributed by atoms with Crippen LogP contribution in [-0.4, -0.2) is 37.8 Å². The SMILES string of the molecule is CC(C)N(C)S(=O)(=O)c1ccc(C(=O)N[C@@H]2CCC[C@@H](C)C2)cc1. The molecule has 134 valence electrons. The summed E-state index contributed by atoms with van der Waals surface area (Å²) in [7, 11) is -1.95. The van der Waals surface area contributed by atoms with E-state index in [1.165, 1.54) is 22.9 Å². The Balaban J connectivity index is 2.07. The molecule has 1 amide bonds. The lowest BCUT2D eigenvalue weighted by Gasteiger charge is -2.27. The number of sulfonamides is 1. The Bertz CT molecular complexity index is 668. The van der Waals surface area contributed by atoms with Gasteiger partial charge in [0.15, 0.2) is 0 Å². The minimum absolute atomic E-state index is 0.119. The van der Waals surface area contributed by atoms with Gasteiger partial charge in [-0.15, -0.1) is 0 Å². The highest BCUT2D eigenvalue weighted by Gasteiger charge is 2.24. The molecule has 0 spiro atoms. The second-order valence-corrected chi connectivity index (χ2v) is 9.08. The van der Waals surface area contributed by atoms with Crippen molar-refractivity contribution in [3.63, 3.8) is 0 Å².